The van der Waals surface area contributed by atoms with Crippen LogP contribution in [-0.4, -0.2) is 34.3 Å². The van der Waals surface area contributed by atoms with Crippen LogP contribution in [0.2, 0.25) is 13.1 Å². The zero-order valence-electron chi connectivity index (χ0n) is 19.9. The molecule has 0 spiro atoms. The minimum absolute atomic E-state index is 1.17. The maximum Gasteiger partial charge on any atom is 0.203 e. The second kappa shape index (κ2) is 8.20. The van der Waals surface area contributed by atoms with Gasteiger partial charge < -0.3 is 4.90 Å². The average Bonchev–Trinajstić information content (AvgIpc) is 3.33. The van der Waals surface area contributed by atoms with E-state index in [1.807, 2.05) is 0 Å². The summed E-state index contributed by atoms with van der Waals surface area (Å²) in [7, 11) is -1.79. The van der Waals surface area contributed by atoms with E-state index in [2.05, 4.69) is 60.7 Å². The third-order valence-electron chi connectivity index (χ3n) is 7.74. The summed E-state index contributed by atoms with van der Waals surface area (Å²) in [5.41, 5.74) is 5.78. The van der Waals surface area contributed by atoms with Crippen molar-refractivity contribution >= 4 is 29.8 Å². The highest BCUT2D eigenvalue weighted by atomic mass is 28.3. The second-order valence-electron chi connectivity index (χ2n) is 10.3. The Hall–Kier alpha value is -1.94. The Morgan fingerprint density at radius 1 is 0.935 bits per heavy atom. The summed E-state index contributed by atoms with van der Waals surface area (Å²) in [5, 5.41) is 5.82. The lowest BCUT2D eigenvalue weighted by Crippen LogP contribution is -2.62. The first kappa shape index (κ1) is 20.9. The smallest absolute Gasteiger partial charge is 0.203 e. The molecule has 0 amide bonds. The van der Waals surface area contributed by atoms with Crippen molar-refractivity contribution in [1.29, 1.82) is 0 Å². The van der Waals surface area contributed by atoms with E-state index >= 15 is 0 Å². The van der Waals surface area contributed by atoms with Crippen LogP contribution in [0.1, 0.15) is 57.1 Å². The van der Waals surface area contributed by atoms with Crippen molar-refractivity contribution in [2.24, 2.45) is 4.99 Å². The number of rotatable bonds is 7. The number of anilines is 1. The molecule has 0 unspecified atom stereocenters. The Morgan fingerprint density at radius 2 is 1.81 bits per heavy atom. The standard InChI is InChI=1S/C27H38N3Si/c1-5-7-8-9-13-30-15-11-21-17-23-27(19-25(21)30)31(3,4)26-18-24-20(16-22(26)28-23)10-14-29(24)12-6-2/h16-19H,5-15H2,1-4H3/q+1. The lowest BCUT2D eigenvalue weighted by Gasteiger charge is -2.30. The van der Waals surface area contributed by atoms with E-state index in [0.717, 1.165) is 0 Å². The lowest BCUT2D eigenvalue weighted by molar-refractivity contribution is 0.599. The molecule has 2 aromatic carbocycles. The molecule has 0 saturated carbocycles. The summed E-state index contributed by atoms with van der Waals surface area (Å²) in [4.78, 5) is 7.89. The maximum absolute atomic E-state index is 5.24. The Kier molecular flexibility index (Phi) is 5.53. The summed E-state index contributed by atoms with van der Waals surface area (Å²) >= 11 is 0. The third kappa shape index (κ3) is 3.57. The van der Waals surface area contributed by atoms with Crippen LogP contribution in [-0.2, 0) is 12.8 Å². The van der Waals surface area contributed by atoms with Crippen molar-refractivity contribution in [3.63, 3.8) is 0 Å². The first-order valence-corrected chi connectivity index (χ1v) is 15.6. The molecule has 3 nitrogen and oxygen atoms in total. The fraction of sp³-hybridized carbons (Fsp3) is 0.556. The van der Waals surface area contributed by atoms with Crippen LogP contribution in [0, 0.1) is 0 Å². The average molecular weight is 433 g/mol. The number of fused-ring (bicyclic) bond motifs is 4. The molecule has 0 radical (unpaired) electrons. The van der Waals surface area contributed by atoms with Crippen molar-refractivity contribution < 1.29 is 0 Å². The van der Waals surface area contributed by atoms with Crippen LogP contribution < -0.4 is 30.6 Å². The molecule has 3 aliphatic rings. The van der Waals surface area contributed by atoms with E-state index in [-0.39, 0.29) is 0 Å². The predicted molar refractivity (Wildman–Crippen MR) is 135 cm³/mol. The van der Waals surface area contributed by atoms with Crippen LogP contribution in [0.5, 0.6) is 0 Å². The van der Waals surface area contributed by atoms with Crippen molar-refractivity contribution in [1.82, 2.24) is 4.58 Å². The Morgan fingerprint density at radius 3 is 2.61 bits per heavy atom. The monoisotopic (exact) mass is 432 g/mol. The van der Waals surface area contributed by atoms with E-state index in [0.29, 0.717) is 0 Å². The molecule has 0 bridgehead atoms. The summed E-state index contributed by atoms with van der Waals surface area (Å²) in [5.74, 6) is 0. The topological polar surface area (TPSA) is 18.6 Å². The Labute approximate surface area is 188 Å². The van der Waals surface area contributed by atoms with Gasteiger partial charge in [0.05, 0.1) is 11.0 Å². The molecule has 31 heavy (non-hydrogen) atoms. The quantitative estimate of drug-likeness (QED) is 0.373. The molecule has 0 aromatic heterocycles. The van der Waals surface area contributed by atoms with Gasteiger partial charge in [-0.05, 0) is 47.0 Å². The van der Waals surface area contributed by atoms with Crippen LogP contribution in [0.4, 0.5) is 11.4 Å². The number of unbranched alkanes of at least 4 members (excludes halogenated alkanes) is 3. The normalized spacial score (nSPS) is 17.8. The first-order valence-electron chi connectivity index (χ1n) is 12.6. The van der Waals surface area contributed by atoms with Gasteiger partial charge in [-0.25, -0.2) is 9.57 Å². The van der Waals surface area contributed by atoms with Crippen LogP contribution in [0.25, 0.3) is 0 Å². The van der Waals surface area contributed by atoms with E-state index < -0.39 is 8.07 Å². The van der Waals surface area contributed by atoms with E-state index in [1.54, 1.807) is 5.19 Å². The zero-order chi connectivity index (χ0) is 21.6. The van der Waals surface area contributed by atoms with Gasteiger partial charge in [0.15, 0.2) is 0 Å². The molecular weight excluding hydrogens is 394 g/mol. The highest BCUT2D eigenvalue weighted by Gasteiger charge is 2.36. The van der Waals surface area contributed by atoms with E-state index in [4.69, 9.17) is 4.99 Å². The van der Waals surface area contributed by atoms with Crippen molar-refractivity contribution in [3.05, 3.63) is 46.1 Å². The summed E-state index contributed by atoms with van der Waals surface area (Å²) in [6.45, 7) is 14.4. The van der Waals surface area contributed by atoms with Gasteiger partial charge in [0, 0.05) is 43.2 Å². The molecule has 3 aliphatic heterocycles. The fourth-order valence-electron chi connectivity index (χ4n) is 5.91. The van der Waals surface area contributed by atoms with Gasteiger partial charge >= 0.3 is 0 Å². The molecule has 0 saturated heterocycles. The number of hydrogen-bond acceptors (Lipinski definition) is 2. The van der Waals surface area contributed by atoms with Crippen LogP contribution in [0.15, 0.2) is 29.3 Å². The fourth-order valence-corrected chi connectivity index (χ4v) is 8.73. The molecule has 3 heterocycles. The van der Waals surface area contributed by atoms with Gasteiger partial charge in [-0.2, -0.15) is 0 Å². The molecular formula is C27H38N3Si+. The minimum atomic E-state index is -1.79. The highest BCUT2D eigenvalue weighted by molar-refractivity contribution is 7.01. The van der Waals surface area contributed by atoms with Gasteiger partial charge in [0.2, 0.25) is 5.36 Å². The van der Waals surface area contributed by atoms with E-state index in [1.165, 1.54) is 110 Å². The van der Waals surface area contributed by atoms with Crippen molar-refractivity contribution in [3.8, 4) is 0 Å². The molecule has 0 aliphatic carbocycles. The first-order chi connectivity index (χ1) is 15.0. The number of hydrogen-bond donors (Lipinski definition) is 0. The predicted octanol–water partition coefficient (Wildman–Crippen LogP) is 3.17. The van der Waals surface area contributed by atoms with Crippen molar-refractivity contribution in [2.45, 2.75) is 71.9 Å². The molecule has 5 rings (SSSR count). The largest absolute Gasteiger partial charge is 0.371 e. The number of benzene rings is 2. The van der Waals surface area contributed by atoms with Crippen LogP contribution in [0.3, 0.4) is 0 Å². The van der Waals surface area contributed by atoms with Gasteiger partial charge in [0.25, 0.3) is 0 Å². The lowest BCUT2D eigenvalue weighted by atomic mass is 10.1. The highest BCUT2D eigenvalue weighted by Crippen LogP contribution is 2.32. The number of nitrogens with zero attached hydrogens (tertiary/aromatic N) is 3. The molecule has 0 fully saturated rings. The van der Waals surface area contributed by atoms with Gasteiger partial charge in [-0.3, -0.25) is 0 Å². The van der Waals surface area contributed by atoms with Crippen LogP contribution >= 0.6 is 0 Å². The SMILES string of the molecule is CCCCCCN1CCc2cc3c(cc21)[Si](C)(C)c1cc2c(cc1=N3)CC[N+]=2CCC. The Bertz CT molecular complexity index is 1130. The molecule has 0 atom stereocenters. The Balaban J connectivity index is 1.56. The van der Waals surface area contributed by atoms with E-state index in [9.17, 15) is 0 Å². The summed E-state index contributed by atoms with van der Waals surface area (Å²) in [6, 6.07) is 9.94. The second-order valence-corrected chi connectivity index (χ2v) is 14.6. The molecule has 4 heteroatoms. The van der Waals surface area contributed by atoms with Gasteiger partial charge in [-0.15, -0.1) is 0 Å². The molecule has 2 aromatic rings. The van der Waals surface area contributed by atoms with Gasteiger partial charge in [-0.1, -0.05) is 46.2 Å². The third-order valence-corrected chi connectivity index (χ3v) is 11.2. The molecule has 164 valence electrons. The summed E-state index contributed by atoms with van der Waals surface area (Å²) in [6.07, 6.45) is 8.91. The maximum atomic E-state index is 5.24. The zero-order valence-corrected chi connectivity index (χ0v) is 20.9. The minimum Gasteiger partial charge on any atom is -0.371 e. The molecule has 0 N–H and O–H groups in total. The summed E-state index contributed by atoms with van der Waals surface area (Å²) < 4.78 is 2.59. The van der Waals surface area contributed by atoms with Gasteiger partial charge in [0.1, 0.15) is 21.2 Å². The van der Waals surface area contributed by atoms with Crippen molar-refractivity contribution in [2.75, 3.05) is 31.1 Å².